The Bertz CT molecular complexity index is 1290. The minimum Gasteiger partial charge on any atom is -0.493 e. The van der Waals surface area contributed by atoms with Gasteiger partial charge in [0.2, 0.25) is 0 Å². The summed E-state index contributed by atoms with van der Waals surface area (Å²) < 4.78 is 17.6. The lowest BCUT2D eigenvalue weighted by atomic mass is 9.86. The molecule has 1 saturated carbocycles. The highest BCUT2D eigenvalue weighted by atomic mass is 16.5. The SMILES string of the molecule is COC(=O)[C@@H]1Cc2cc3c(cc2CN1Cc1cccnn1)CC(c1ccc(OCC2CCCCC2)cc1)CCO3. The van der Waals surface area contributed by atoms with Crippen molar-refractivity contribution in [2.75, 3.05) is 20.3 Å². The van der Waals surface area contributed by atoms with Gasteiger partial charge in [-0.25, -0.2) is 0 Å². The maximum atomic E-state index is 12.7. The van der Waals surface area contributed by atoms with Gasteiger partial charge in [-0.05, 0) is 96.5 Å². The fourth-order valence-corrected chi connectivity index (χ4v) is 6.54. The third-order valence-corrected chi connectivity index (χ3v) is 8.83. The Morgan fingerprint density at radius 1 is 1.00 bits per heavy atom. The normalized spacial score (nSPS) is 21.4. The van der Waals surface area contributed by atoms with Crippen molar-refractivity contribution in [2.45, 2.75) is 76.4 Å². The zero-order valence-corrected chi connectivity index (χ0v) is 23.4. The molecule has 0 saturated heterocycles. The fraction of sp³-hybridized carbons (Fsp3) is 0.485. The molecule has 1 aromatic heterocycles. The summed E-state index contributed by atoms with van der Waals surface area (Å²) in [6.45, 7) is 2.70. The molecular weight excluding hydrogens is 502 g/mol. The summed E-state index contributed by atoms with van der Waals surface area (Å²) in [4.78, 5) is 14.9. The van der Waals surface area contributed by atoms with E-state index in [0.29, 0.717) is 38.0 Å². The summed E-state index contributed by atoms with van der Waals surface area (Å²) in [5.74, 6) is 2.77. The summed E-state index contributed by atoms with van der Waals surface area (Å²) in [5, 5.41) is 8.25. The fourth-order valence-electron chi connectivity index (χ4n) is 6.54. The van der Waals surface area contributed by atoms with Gasteiger partial charge in [0.05, 0.1) is 26.0 Å². The second kappa shape index (κ2) is 12.4. The van der Waals surface area contributed by atoms with Gasteiger partial charge < -0.3 is 14.2 Å². The van der Waals surface area contributed by atoms with Crippen LogP contribution in [-0.4, -0.2) is 47.4 Å². The van der Waals surface area contributed by atoms with E-state index in [1.165, 1.54) is 55.9 Å². The molecule has 0 bridgehead atoms. The zero-order chi connectivity index (χ0) is 27.3. The molecule has 3 aliphatic rings. The monoisotopic (exact) mass is 541 g/mol. The molecule has 0 N–H and O–H groups in total. The molecule has 7 nitrogen and oxygen atoms in total. The van der Waals surface area contributed by atoms with Crippen LogP contribution >= 0.6 is 0 Å². The molecule has 0 spiro atoms. The third-order valence-electron chi connectivity index (χ3n) is 8.83. The van der Waals surface area contributed by atoms with Crippen LogP contribution in [0.2, 0.25) is 0 Å². The average molecular weight is 542 g/mol. The van der Waals surface area contributed by atoms with Crippen molar-refractivity contribution in [1.82, 2.24) is 15.1 Å². The van der Waals surface area contributed by atoms with E-state index in [0.717, 1.165) is 42.2 Å². The molecule has 2 aliphatic heterocycles. The first-order valence-corrected chi connectivity index (χ1v) is 14.7. The Morgan fingerprint density at radius 3 is 2.62 bits per heavy atom. The number of carbonyl (C=O) groups is 1. The van der Waals surface area contributed by atoms with Crippen LogP contribution in [0.5, 0.6) is 11.5 Å². The van der Waals surface area contributed by atoms with E-state index < -0.39 is 0 Å². The molecule has 2 atom stereocenters. The molecule has 1 fully saturated rings. The van der Waals surface area contributed by atoms with Crippen LogP contribution in [0.1, 0.15) is 72.4 Å². The van der Waals surface area contributed by atoms with E-state index >= 15 is 0 Å². The Morgan fingerprint density at radius 2 is 1.85 bits per heavy atom. The minimum absolute atomic E-state index is 0.225. The van der Waals surface area contributed by atoms with E-state index in [2.05, 4.69) is 51.5 Å². The van der Waals surface area contributed by atoms with Gasteiger partial charge in [0.25, 0.3) is 0 Å². The lowest BCUT2D eigenvalue weighted by molar-refractivity contribution is -0.148. The van der Waals surface area contributed by atoms with E-state index in [1.807, 2.05) is 12.1 Å². The molecule has 3 aromatic rings. The third kappa shape index (κ3) is 6.15. The number of hydrogen-bond donors (Lipinski definition) is 0. The highest BCUT2D eigenvalue weighted by Crippen LogP contribution is 2.37. The van der Waals surface area contributed by atoms with Crippen LogP contribution in [0.15, 0.2) is 54.7 Å². The Labute approximate surface area is 236 Å². The van der Waals surface area contributed by atoms with Crippen LogP contribution in [0, 0.1) is 5.92 Å². The number of hydrogen-bond acceptors (Lipinski definition) is 7. The summed E-state index contributed by atoms with van der Waals surface area (Å²) in [5.41, 5.74) is 5.79. The lowest BCUT2D eigenvalue weighted by Gasteiger charge is -2.35. The van der Waals surface area contributed by atoms with Gasteiger partial charge in [-0.2, -0.15) is 10.2 Å². The van der Waals surface area contributed by atoms with Crippen LogP contribution < -0.4 is 9.47 Å². The number of aromatic nitrogens is 2. The minimum atomic E-state index is -0.366. The number of fused-ring (bicyclic) bond motifs is 2. The molecule has 0 radical (unpaired) electrons. The number of nitrogens with zero attached hydrogens (tertiary/aromatic N) is 3. The zero-order valence-electron chi connectivity index (χ0n) is 23.4. The number of rotatable bonds is 7. The number of methoxy groups -OCH3 is 1. The smallest absolute Gasteiger partial charge is 0.323 e. The maximum Gasteiger partial charge on any atom is 0.323 e. The van der Waals surface area contributed by atoms with Crippen molar-refractivity contribution in [1.29, 1.82) is 0 Å². The van der Waals surface area contributed by atoms with E-state index in [1.54, 1.807) is 6.20 Å². The number of esters is 1. The molecule has 0 amide bonds. The predicted molar refractivity (Wildman–Crippen MR) is 152 cm³/mol. The standard InChI is InChI=1S/C33H39N3O4/c1-38-33(37)31-18-26-19-32-27(17-28(26)20-36(31)21-29-8-5-14-34-35-29)16-25(13-15-39-32)24-9-11-30(12-10-24)40-22-23-6-3-2-4-7-23/h5,8-12,14,17,19,23,25,31H,2-4,6-7,13,15-16,18,20-22H2,1H3/t25?,31-/m0/s1. The second-order valence-electron chi connectivity index (χ2n) is 11.5. The van der Waals surface area contributed by atoms with Crippen molar-refractivity contribution >= 4 is 5.97 Å². The second-order valence-corrected chi connectivity index (χ2v) is 11.5. The molecule has 1 aliphatic carbocycles. The molecule has 7 heteroatoms. The quantitative estimate of drug-likeness (QED) is 0.358. The van der Waals surface area contributed by atoms with Gasteiger partial charge >= 0.3 is 5.97 Å². The van der Waals surface area contributed by atoms with Crippen molar-refractivity contribution in [3.05, 3.63) is 82.7 Å². The van der Waals surface area contributed by atoms with E-state index in [-0.39, 0.29) is 12.0 Å². The van der Waals surface area contributed by atoms with Crippen molar-refractivity contribution < 1.29 is 19.0 Å². The topological polar surface area (TPSA) is 73.8 Å². The molecule has 2 aromatic carbocycles. The van der Waals surface area contributed by atoms with Gasteiger partial charge in [0, 0.05) is 19.3 Å². The Balaban J connectivity index is 1.17. The summed E-state index contributed by atoms with van der Waals surface area (Å²) in [6, 6.07) is 16.6. The first kappa shape index (κ1) is 26.8. The van der Waals surface area contributed by atoms with Crippen LogP contribution in [-0.2, 0) is 35.5 Å². The first-order chi connectivity index (χ1) is 19.7. The Hall–Kier alpha value is -3.45. The summed E-state index contributed by atoms with van der Waals surface area (Å²) in [7, 11) is 1.45. The van der Waals surface area contributed by atoms with E-state index in [9.17, 15) is 4.79 Å². The Kier molecular flexibility index (Phi) is 8.28. The number of carbonyl (C=O) groups excluding carboxylic acids is 1. The van der Waals surface area contributed by atoms with Crippen LogP contribution in [0.4, 0.5) is 0 Å². The molecule has 210 valence electrons. The molecule has 1 unspecified atom stereocenters. The largest absolute Gasteiger partial charge is 0.493 e. The predicted octanol–water partition coefficient (Wildman–Crippen LogP) is 5.64. The van der Waals surface area contributed by atoms with Crippen molar-refractivity contribution in [2.24, 2.45) is 5.92 Å². The van der Waals surface area contributed by atoms with Gasteiger partial charge in [-0.15, -0.1) is 0 Å². The van der Waals surface area contributed by atoms with Crippen LogP contribution in [0.25, 0.3) is 0 Å². The van der Waals surface area contributed by atoms with Gasteiger partial charge in [0.1, 0.15) is 17.5 Å². The van der Waals surface area contributed by atoms with Gasteiger partial charge in [0.15, 0.2) is 0 Å². The van der Waals surface area contributed by atoms with Crippen molar-refractivity contribution in [3.63, 3.8) is 0 Å². The summed E-state index contributed by atoms with van der Waals surface area (Å²) in [6.07, 6.45) is 10.8. The lowest BCUT2D eigenvalue weighted by Crippen LogP contribution is -2.45. The highest BCUT2D eigenvalue weighted by Gasteiger charge is 2.34. The number of benzene rings is 2. The highest BCUT2D eigenvalue weighted by molar-refractivity contribution is 5.76. The molecular formula is C33H39N3O4. The van der Waals surface area contributed by atoms with Crippen LogP contribution in [0.3, 0.4) is 0 Å². The van der Waals surface area contributed by atoms with E-state index in [4.69, 9.17) is 14.2 Å². The van der Waals surface area contributed by atoms with Gasteiger partial charge in [-0.3, -0.25) is 9.69 Å². The first-order valence-electron chi connectivity index (χ1n) is 14.7. The molecule has 40 heavy (non-hydrogen) atoms. The number of ether oxygens (including phenoxy) is 3. The molecule has 6 rings (SSSR count). The van der Waals surface area contributed by atoms with Gasteiger partial charge in [-0.1, -0.05) is 37.5 Å². The van der Waals surface area contributed by atoms with Crippen molar-refractivity contribution in [3.8, 4) is 11.5 Å². The average Bonchev–Trinajstić information content (AvgIpc) is 3.21. The molecule has 3 heterocycles. The maximum absolute atomic E-state index is 12.7. The summed E-state index contributed by atoms with van der Waals surface area (Å²) >= 11 is 0.